The quantitative estimate of drug-likeness (QED) is 0.746. The molecule has 2 aromatic rings. The van der Waals surface area contributed by atoms with Crippen LogP contribution in [0, 0.1) is 6.92 Å². The predicted octanol–water partition coefficient (Wildman–Crippen LogP) is 3.28. The van der Waals surface area contributed by atoms with Gasteiger partial charge in [0.2, 0.25) is 11.8 Å². The molecular formula is C19H23N3O2S. The van der Waals surface area contributed by atoms with E-state index in [1.807, 2.05) is 44.2 Å². The molecule has 132 valence electrons. The highest BCUT2D eigenvalue weighted by Crippen LogP contribution is 2.33. The number of nitrogens with zero attached hydrogens (tertiary/aromatic N) is 3. The zero-order valence-corrected chi connectivity index (χ0v) is 15.8. The lowest BCUT2D eigenvalue weighted by molar-refractivity contribution is -0.137. The second-order valence-corrected chi connectivity index (χ2v) is 6.94. The number of thiazole rings is 1. The number of likely N-dealkylation sites (N-methyl/N-ethyl adjacent to an activating group) is 2. The lowest BCUT2D eigenvalue weighted by Gasteiger charge is -2.26. The van der Waals surface area contributed by atoms with Gasteiger partial charge in [0.15, 0.2) is 0 Å². The molecule has 1 aromatic heterocycles. The Kier molecular flexibility index (Phi) is 6.09. The van der Waals surface area contributed by atoms with Crippen LogP contribution in [0.4, 0.5) is 0 Å². The largest absolute Gasteiger partial charge is 0.337 e. The van der Waals surface area contributed by atoms with E-state index < -0.39 is 0 Å². The second kappa shape index (κ2) is 8.07. The van der Waals surface area contributed by atoms with Gasteiger partial charge in [-0.3, -0.25) is 9.59 Å². The van der Waals surface area contributed by atoms with Gasteiger partial charge in [-0.2, -0.15) is 0 Å². The third-order valence-corrected chi connectivity index (χ3v) is 5.51. The van der Waals surface area contributed by atoms with Crippen LogP contribution in [0.3, 0.4) is 0 Å². The second-order valence-electron chi connectivity index (χ2n) is 5.91. The molecule has 2 rings (SSSR count). The van der Waals surface area contributed by atoms with Gasteiger partial charge in [0.25, 0.3) is 0 Å². The van der Waals surface area contributed by atoms with Crippen molar-refractivity contribution in [1.29, 1.82) is 0 Å². The standard InChI is InChI=1S/C19H23N3O2S/c1-6-16(23)21(4)12-17(24)22(5)14(3)18-13(2)20-19(25-18)15-10-8-7-9-11-15/h6-11,14H,1,12H2,2-5H3. The average Bonchev–Trinajstić information content (AvgIpc) is 3.02. The van der Waals surface area contributed by atoms with Crippen molar-refractivity contribution in [3.05, 3.63) is 53.6 Å². The predicted molar refractivity (Wildman–Crippen MR) is 101 cm³/mol. The molecule has 0 aliphatic heterocycles. The smallest absolute Gasteiger partial charge is 0.246 e. The Morgan fingerprint density at radius 3 is 2.52 bits per heavy atom. The molecule has 0 aliphatic rings. The summed E-state index contributed by atoms with van der Waals surface area (Å²) in [5, 5.41) is 0.944. The molecule has 1 atom stereocenters. The Labute approximate surface area is 152 Å². The normalized spacial score (nSPS) is 11.7. The van der Waals surface area contributed by atoms with E-state index in [2.05, 4.69) is 11.6 Å². The molecular weight excluding hydrogens is 334 g/mol. The van der Waals surface area contributed by atoms with Crippen molar-refractivity contribution in [2.45, 2.75) is 19.9 Å². The maximum Gasteiger partial charge on any atom is 0.246 e. The Balaban J connectivity index is 2.15. The minimum absolute atomic E-state index is 0.0229. The molecule has 1 aromatic carbocycles. The van der Waals surface area contributed by atoms with E-state index in [1.54, 1.807) is 30.3 Å². The van der Waals surface area contributed by atoms with Crippen LogP contribution in [-0.4, -0.2) is 47.2 Å². The van der Waals surface area contributed by atoms with E-state index >= 15 is 0 Å². The van der Waals surface area contributed by atoms with Gasteiger partial charge in [0.05, 0.1) is 23.2 Å². The van der Waals surface area contributed by atoms with Crippen LogP contribution in [0.1, 0.15) is 23.5 Å². The molecule has 6 heteroatoms. The molecule has 0 radical (unpaired) electrons. The highest BCUT2D eigenvalue weighted by molar-refractivity contribution is 7.15. The summed E-state index contributed by atoms with van der Waals surface area (Å²) in [6.45, 7) is 7.39. The number of rotatable bonds is 6. The van der Waals surface area contributed by atoms with Crippen molar-refractivity contribution in [2.75, 3.05) is 20.6 Å². The van der Waals surface area contributed by atoms with Gasteiger partial charge in [-0.05, 0) is 19.9 Å². The SMILES string of the molecule is C=CC(=O)N(C)CC(=O)N(C)C(C)c1sc(-c2ccccc2)nc1C. The first-order valence-corrected chi connectivity index (χ1v) is 8.82. The lowest BCUT2D eigenvalue weighted by atomic mass is 10.2. The van der Waals surface area contributed by atoms with E-state index in [4.69, 9.17) is 0 Å². The first-order valence-electron chi connectivity index (χ1n) is 8.01. The third kappa shape index (κ3) is 4.33. The molecule has 1 heterocycles. The van der Waals surface area contributed by atoms with Crippen LogP contribution in [-0.2, 0) is 9.59 Å². The summed E-state index contributed by atoms with van der Waals surface area (Å²) in [6.07, 6.45) is 1.20. The summed E-state index contributed by atoms with van der Waals surface area (Å²) < 4.78 is 0. The summed E-state index contributed by atoms with van der Waals surface area (Å²) in [6, 6.07) is 9.87. The van der Waals surface area contributed by atoms with Gasteiger partial charge in [0.1, 0.15) is 5.01 Å². The van der Waals surface area contributed by atoms with Crippen molar-refractivity contribution < 1.29 is 9.59 Å². The number of amides is 2. The highest BCUT2D eigenvalue weighted by atomic mass is 32.1. The number of carbonyl (C=O) groups is 2. The average molecular weight is 357 g/mol. The van der Waals surface area contributed by atoms with E-state index in [1.165, 1.54) is 11.0 Å². The number of aryl methyl sites for hydroxylation is 1. The van der Waals surface area contributed by atoms with Crippen LogP contribution >= 0.6 is 11.3 Å². The van der Waals surface area contributed by atoms with E-state index in [0.717, 1.165) is 21.1 Å². The van der Waals surface area contributed by atoms with Gasteiger partial charge in [0, 0.05) is 19.7 Å². The molecule has 0 fully saturated rings. The maximum atomic E-state index is 12.5. The van der Waals surface area contributed by atoms with Gasteiger partial charge in [-0.15, -0.1) is 11.3 Å². The van der Waals surface area contributed by atoms with Crippen LogP contribution < -0.4 is 0 Å². The third-order valence-electron chi connectivity index (χ3n) is 4.13. The van der Waals surface area contributed by atoms with Crippen LogP contribution in [0.5, 0.6) is 0 Å². The Morgan fingerprint density at radius 1 is 1.28 bits per heavy atom. The molecule has 5 nitrogen and oxygen atoms in total. The molecule has 0 spiro atoms. The van der Waals surface area contributed by atoms with Gasteiger partial charge in [-0.1, -0.05) is 36.9 Å². The lowest BCUT2D eigenvalue weighted by Crippen LogP contribution is -2.39. The number of carbonyl (C=O) groups excluding carboxylic acids is 2. The number of hydrogen-bond acceptors (Lipinski definition) is 4. The summed E-state index contributed by atoms with van der Waals surface area (Å²) in [5.41, 5.74) is 1.99. The minimum atomic E-state index is -0.269. The molecule has 2 amide bonds. The van der Waals surface area contributed by atoms with Crippen molar-refractivity contribution in [1.82, 2.24) is 14.8 Å². The number of benzene rings is 1. The molecule has 0 saturated carbocycles. The zero-order chi connectivity index (χ0) is 18.6. The summed E-state index contributed by atoms with van der Waals surface area (Å²) in [7, 11) is 3.34. The molecule has 0 bridgehead atoms. The summed E-state index contributed by atoms with van der Waals surface area (Å²) >= 11 is 1.59. The summed E-state index contributed by atoms with van der Waals surface area (Å²) in [5.74, 6) is -0.394. The molecule has 0 saturated heterocycles. The fraction of sp³-hybridized carbons (Fsp3) is 0.316. The van der Waals surface area contributed by atoms with Crippen LogP contribution in [0.25, 0.3) is 10.6 Å². The van der Waals surface area contributed by atoms with Crippen molar-refractivity contribution in [3.63, 3.8) is 0 Å². The van der Waals surface area contributed by atoms with Gasteiger partial charge in [-0.25, -0.2) is 4.98 Å². The van der Waals surface area contributed by atoms with Gasteiger partial charge >= 0.3 is 0 Å². The topological polar surface area (TPSA) is 53.5 Å². The van der Waals surface area contributed by atoms with Crippen molar-refractivity contribution in [3.8, 4) is 10.6 Å². The first-order chi connectivity index (χ1) is 11.8. The zero-order valence-electron chi connectivity index (χ0n) is 15.0. The van der Waals surface area contributed by atoms with E-state index in [0.29, 0.717) is 0 Å². The maximum absolute atomic E-state index is 12.5. The fourth-order valence-electron chi connectivity index (χ4n) is 2.44. The monoisotopic (exact) mass is 357 g/mol. The van der Waals surface area contributed by atoms with E-state index in [9.17, 15) is 9.59 Å². The summed E-state index contributed by atoms with van der Waals surface area (Å²) in [4.78, 5) is 32.7. The molecule has 1 unspecified atom stereocenters. The molecule has 0 N–H and O–H groups in total. The molecule has 0 aliphatic carbocycles. The fourth-order valence-corrected chi connectivity index (χ4v) is 3.61. The van der Waals surface area contributed by atoms with Crippen LogP contribution in [0.2, 0.25) is 0 Å². The van der Waals surface area contributed by atoms with E-state index in [-0.39, 0.29) is 24.4 Å². The Bertz CT molecular complexity index is 770. The Morgan fingerprint density at radius 2 is 1.92 bits per heavy atom. The van der Waals surface area contributed by atoms with Crippen molar-refractivity contribution >= 4 is 23.2 Å². The van der Waals surface area contributed by atoms with Crippen LogP contribution in [0.15, 0.2) is 43.0 Å². The minimum Gasteiger partial charge on any atom is -0.337 e. The first kappa shape index (κ1) is 18.9. The highest BCUT2D eigenvalue weighted by Gasteiger charge is 2.23. The van der Waals surface area contributed by atoms with Gasteiger partial charge < -0.3 is 9.80 Å². The molecule has 25 heavy (non-hydrogen) atoms. The van der Waals surface area contributed by atoms with Crippen molar-refractivity contribution in [2.24, 2.45) is 0 Å². The Hall–Kier alpha value is -2.47. The number of aromatic nitrogens is 1. The number of hydrogen-bond donors (Lipinski definition) is 0.